The largest absolute Gasteiger partial charge is 0.493 e. The third-order valence-corrected chi connectivity index (χ3v) is 6.00. The molecule has 162 valence electrons. The molecule has 3 rings (SSSR count). The van der Waals surface area contributed by atoms with Gasteiger partial charge in [-0.25, -0.2) is 4.79 Å². The second-order valence-electron chi connectivity index (χ2n) is 6.82. The Morgan fingerprint density at radius 1 is 1.23 bits per heavy atom. The normalized spacial score (nSPS) is 15.9. The highest BCUT2D eigenvalue weighted by atomic mass is 32.2. The minimum absolute atomic E-state index is 0.207. The number of unbranched alkanes of at least 4 members (excludes halogenated alkanes) is 1. The molecule has 1 heterocycles. The molecule has 0 saturated carbocycles. The minimum atomic E-state index is -1.18. The van der Waals surface area contributed by atoms with Gasteiger partial charge in [0.2, 0.25) is 0 Å². The van der Waals surface area contributed by atoms with Crippen molar-refractivity contribution < 1.29 is 24.2 Å². The Morgan fingerprint density at radius 2 is 1.97 bits per heavy atom. The number of thiocarbonyl (C=S) groups is 1. The van der Waals surface area contributed by atoms with Crippen molar-refractivity contribution in [1.29, 1.82) is 0 Å². The molecular weight excluding hydrogens is 434 g/mol. The number of carboxylic acid groups (broad SMARTS) is 1. The van der Waals surface area contributed by atoms with Crippen LogP contribution in [0.1, 0.15) is 36.9 Å². The molecule has 1 aliphatic heterocycles. The molecule has 1 saturated heterocycles. The predicted octanol–water partition coefficient (Wildman–Crippen LogP) is 4.90. The number of nitrogens with zero attached hydrogens (tertiary/aromatic N) is 1. The van der Waals surface area contributed by atoms with E-state index in [9.17, 15) is 14.7 Å². The van der Waals surface area contributed by atoms with Crippen LogP contribution in [-0.4, -0.2) is 39.9 Å². The van der Waals surface area contributed by atoms with E-state index in [0.29, 0.717) is 28.6 Å². The molecule has 0 aliphatic carbocycles. The maximum atomic E-state index is 13.1. The van der Waals surface area contributed by atoms with Crippen LogP contribution in [0.4, 0.5) is 0 Å². The number of methoxy groups -OCH3 is 1. The van der Waals surface area contributed by atoms with Crippen LogP contribution in [0.5, 0.6) is 11.5 Å². The average Bonchev–Trinajstić information content (AvgIpc) is 3.03. The zero-order valence-corrected chi connectivity index (χ0v) is 18.9. The van der Waals surface area contributed by atoms with Gasteiger partial charge in [0.05, 0.1) is 18.6 Å². The van der Waals surface area contributed by atoms with Crippen LogP contribution in [0.3, 0.4) is 0 Å². The molecule has 1 aliphatic rings. The zero-order valence-electron chi connectivity index (χ0n) is 17.2. The highest BCUT2D eigenvalue weighted by molar-refractivity contribution is 8.26. The molecule has 1 unspecified atom stereocenters. The lowest BCUT2D eigenvalue weighted by Crippen LogP contribution is -2.37. The number of thioether (sulfide) groups is 1. The number of hydrogen-bond acceptors (Lipinski definition) is 6. The highest BCUT2D eigenvalue weighted by Gasteiger charge is 2.41. The number of carboxylic acids is 1. The standard InChI is InChI=1S/C23H23NO5S2/c1-3-4-12-29-17-11-10-15(13-18(17)28-2)14-19-21(25)24(23(30)31-19)20(22(26)27)16-8-6-5-7-9-16/h5-11,13-14,20H,3-4,12H2,1-2H3,(H,26,27). The third-order valence-electron chi connectivity index (χ3n) is 4.67. The summed E-state index contributed by atoms with van der Waals surface area (Å²) in [5.41, 5.74) is 1.22. The Labute approximate surface area is 190 Å². The van der Waals surface area contributed by atoms with E-state index >= 15 is 0 Å². The van der Waals surface area contributed by atoms with Gasteiger partial charge in [0.1, 0.15) is 4.32 Å². The summed E-state index contributed by atoms with van der Waals surface area (Å²) >= 11 is 6.44. The van der Waals surface area contributed by atoms with E-state index in [-0.39, 0.29) is 4.32 Å². The van der Waals surface area contributed by atoms with E-state index in [1.165, 1.54) is 0 Å². The van der Waals surface area contributed by atoms with Crippen LogP contribution >= 0.6 is 24.0 Å². The van der Waals surface area contributed by atoms with Crippen molar-refractivity contribution in [3.63, 3.8) is 0 Å². The molecule has 1 atom stereocenters. The summed E-state index contributed by atoms with van der Waals surface area (Å²) in [4.78, 5) is 26.5. The number of carbonyl (C=O) groups is 2. The van der Waals surface area contributed by atoms with Crippen LogP contribution < -0.4 is 9.47 Å². The van der Waals surface area contributed by atoms with Crippen LogP contribution in [0.2, 0.25) is 0 Å². The van der Waals surface area contributed by atoms with Gasteiger partial charge in [-0.3, -0.25) is 9.69 Å². The molecule has 0 aromatic heterocycles. The Bertz CT molecular complexity index is 1010. The summed E-state index contributed by atoms with van der Waals surface area (Å²) in [5.74, 6) is -0.379. The molecule has 1 fully saturated rings. The first-order chi connectivity index (χ1) is 15.0. The topological polar surface area (TPSA) is 76.1 Å². The fraction of sp³-hybridized carbons (Fsp3) is 0.261. The molecule has 2 aromatic carbocycles. The summed E-state index contributed by atoms with van der Waals surface area (Å²) in [5, 5.41) is 9.77. The van der Waals surface area contributed by atoms with Crippen molar-refractivity contribution in [2.45, 2.75) is 25.8 Å². The van der Waals surface area contributed by atoms with Gasteiger partial charge in [-0.05, 0) is 35.8 Å². The maximum absolute atomic E-state index is 13.1. The van der Waals surface area contributed by atoms with E-state index in [1.807, 2.05) is 6.07 Å². The van der Waals surface area contributed by atoms with Crippen LogP contribution in [-0.2, 0) is 9.59 Å². The zero-order chi connectivity index (χ0) is 22.4. The highest BCUT2D eigenvalue weighted by Crippen LogP contribution is 2.39. The van der Waals surface area contributed by atoms with Crippen molar-refractivity contribution in [2.24, 2.45) is 0 Å². The van der Waals surface area contributed by atoms with E-state index in [1.54, 1.807) is 55.7 Å². The van der Waals surface area contributed by atoms with E-state index in [0.717, 1.165) is 35.1 Å². The quantitative estimate of drug-likeness (QED) is 0.326. The molecule has 31 heavy (non-hydrogen) atoms. The Kier molecular flexibility index (Phi) is 7.70. The monoisotopic (exact) mass is 457 g/mol. The smallest absolute Gasteiger partial charge is 0.331 e. The fourth-order valence-corrected chi connectivity index (χ4v) is 4.42. The van der Waals surface area contributed by atoms with Crippen LogP contribution in [0, 0.1) is 0 Å². The number of carbonyl (C=O) groups excluding carboxylic acids is 1. The van der Waals surface area contributed by atoms with Crippen molar-refractivity contribution >= 4 is 46.3 Å². The average molecular weight is 458 g/mol. The summed E-state index contributed by atoms with van der Waals surface area (Å²) in [7, 11) is 1.56. The lowest BCUT2D eigenvalue weighted by atomic mass is 10.1. The molecule has 0 radical (unpaired) electrons. The van der Waals surface area contributed by atoms with E-state index in [2.05, 4.69) is 6.92 Å². The van der Waals surface area contributed by atoms with Crippen molar-refractivity contribution in [1.82, 2.24) is 4.90 Å². The second-order valence-corrected chi connectivity index (χ2v) is 8.49. The van der Waals surface area contributed by atoms with Gasteiger partial charge in [-0.15, -0.1) is 0 Å². The number of hydrogen-bond donors (Lipinski definition) is 1. The Morgan fingerprint density at radius 3 is 2.61 bits per heavy atom. The first-order valence-electron chi connectivity index (χ1n) is 9.82. The predicted molar refractivity (Wildman–Crippen MR) is 125 cm³/mol. The molecule has 6 nitrogen and oxygen atoms in total. The third kappa shape index (κ3) is 5.26. The van der Waals surface area contributed by atoms with Gasteiger partial charge >= 0.3 is 5.97 Å². The van der Waals surface area contributed by atoms with Crippen LogP contribution in [0.25, 0.3) is 6.08 Å². The van der Waals surface area contributed by atoms with Gasteiger partial charge in [-0.1, -0.05) is 73.7 Å². The first kappa shape index (κ1) is 22.8. The first-order valence-corrected chi connectivity index (χ1v) is 11.0. The number of aliphatic carboxylic acids is 1. The summed E-state index contributed by atoms with van der Waals surface area (Å²) < 4.78 is 11.4. The van der Waals surface area contributed by atoms with Crippen molar-refractivity contribution in [3.8, 4) is 11.5 Å². The summed E-state index contributed by atoms with van der Waals surface area (Å²) in [6.45, 7) is 2.69. The molecule has 1 amide bonds. The van der Waals surface area contributed by atoms with E-state index < -0.39 is 17.9 Å². The molecule has 1 N–H and O–H groups in total. The lowest BCUT2D eigenvalue weighted by Gasteiger charge is -2.23. The van der Waals surface area contributed by atoms with Gasteiger partial charge < -0.3 is 14.6 Å². The van der Waals surface area contributed by atoms with Crippen molar-refractivity contribution in [2.75, 3.05) is 13.7 Å². The van der Waals surface area contributed by atoms with Gasteiger partial charge in [0.15, 0.2) is 17.5 Å². The number of amides is 1. The molecule has 0 spiro atoms. The Hall–Kier alpha value is -2.84. The maximum Gasteiger partial charge on any atom is 0.331 e. The fourth-order valence-electron chi connectivity index (χ4n) is 3.11. The number of benzene rings is 2. The van der Waals surface area contributed by atoms with Crippen LogP contribution in [0.15, 0.2) is 53.4 Å². The Balaban J connectivity index is 1.87. The summed E-state index contributed by atoms with van der Waals surface area (Å²) in [6, 6.07) is 12.8. The lowest BCUT2D eigenvalue weighted by molar-refractivity contribution is -0.145. The van der Waals surface area contributed by atoms with Crippen molar-refractivity contribution in [3.05, 3.63) is 64.6 Å². The molecule has 8 heteroatoms. The SMILES string of the molecule is CCCCOc1ccc(C=C2SC(=S)N(C(C(=O)O)c3ccccc3)C2=O)cc1OC. The summed E-state index contributed by atoms with van der Waals surface area (Å²) in [6.07, 6.45) is 3.66. The van der Waals surface area contributed by atoms with Gasteiger partial charge in [-0.2, -0.15) is 0 Å². The second kappa shape index (κ2) is 10.5. The minimum Gasteiger partial charge on any atom is -0.493 e. The van der Waals surface area contributed by atoms with Gasteiger partial charge in [0.25, 0.3) is 5.91 Å². The van der Waals surface area contributed by atoms with Gasteiger partial charge in [0, 0.05) is 0 Å². The molecule has 0 bridgehead atoms. The number of ether oxygens (including phenoxy) is 2. The molecule has 2 aromatic rings. The van der Waals surface area contributed by atoms with E-state index in [4.69, 9.17) is 21.7 Å². The number of rotatable bonds is 9. The molecular formula is C23H23NO5S2.